The minimum Gasteiger partial charge on any atom is -0.305 e. The minimum absolute atomic E-state index is 0.660. The van der Waals surface area contributed by atoms with Gasteiger partial charge in [-0.3, -0.25) is 0 Å². The summed E-state index contributed by atoms with van der Waals surface area (Å²) in [5.74, 6) is 0. The Hall–Kier alpha value is -1.82. The maximum absolute atomic E-state index is 8.68. The van der Waals surface area contributed by atoms with E-state index in [4.69, 9.17) is 5.26 Å². The largest absolute Gasteiger partial charge is 0.305 e. The second kappa shape index (κ2) is 2.91. The Bertz CT molecular complexity index is 476. The van der Waals surface area contributed by atoms with Crippen molar-refractivity contribution in [1.82, 2.24) is 9.38 Å². The number of hydrogen-bond donors (Lipinski definition) is 0. The van der Waals surface area contributed by atoms with E-state index in [0.717, 1.165) is 17.8 Å². The lowest BCUT2D eigenvalue weighted by molar-refractivity contribution is 1.07. The Labute approximate surface area is 76.3 Å². The zero-order valence-corrected chi connectivity index (χ0v) is 7.36. The van der Waals surface area contributed by atoms with Gasteiger partial charge in [0.25, 0.3) is 0 Å². The molecule has 64 valence electrons. The molecular weight excluding hydrogens is 162 g/mol. The summed E-state index contributed by atoms with van der Waals surface area (Å²) in [6.45, 7) is 2.06. The monoisotopic (exact) mass is 171 g/mol. The first-order valence-electron chi connectivity index (χ1n) is 4.21. The Morgan fingerprint density at radius 3 is 3.00 bits per heavy atom. The molecule has 2 rings (SSSR count). The molecule has 2 aromatic heterocycles. The van der Waals surface area contributed by atoms with E-state index < -0.39 is 0 Å². The highest BCUT2D eigenvalue weighted by Crippen LogP contribution is 2.07. The normalized spacial score (nSPS) is 10.2. The van der Waals surface area contributed by atoms with Crippen LogP contribution in [0.25, 0.3) is 5.65 Å². The number of rotatable bonds is 1. The fraction of sp³-hybridized carbons (Fsp3) is 0.200. The van der Waals surface area contributed by atoms with Crippen LogP contribution in [0.3, 0.4) is 0 Å². The molecule has 0 bridgehead atoms. The fourth-order valence-corrected chi connectivity index (χ4v) is 1.28. The van der Waals surface area contributed by atoms with Crippen LogP contribution in [0.5, 0.6) is 0 Å². The molecule has 0 fully saturated rings. The van der Waals surface area contributed by atoms with Gasteiger partial charge in [0, 0.05) is 12.4 Å². The van der Waals surface area contributed by atoms with Crippen LogP contribution in [0, 0.1) is 11.3 Å². The lowest BCUT2D eigenvalue weighted by atomic mass is 10.3. The lowest BCUT2D eigenvalue weighted by Gasteiger charge is -1.91. The second-order valence-electron chi connectivity index (χ2n) is 2.88. The van der Waals surface area contributed by atoms with Crippen molar-refractivity contribution in [1.29, 1.82) is 5.26 Å². The molecule has 2 aromatic rings. The van der Waals surface area contributed by atoms with Gasteiger partial charge in [0.05, 0.1) is 11.3 Å². The molecule has 2 heterocycles. The number of imidazole rings is 1. The molecule has 3 nitrogen and oxygen atoms in total. The molecule has 0 spiro atoms. The smallest absolute Gasteiger partial charge is 0.137 e. The third-order valence-electron chi connectivity index (χ3n) is 1.99. The van der Waals surface area contributed by atoms with Crippen molar-refractivity contribution >= 4 is 5.65 Å². The zero-order chi connectivity index (χ0) is 9.26. The predicted octanol–water partition coefficient (Wildman–Crippen LogP) is 1.77. The van der Waals surface area contributed by atoms with E-state index in [1.54, 1.807) is 12.3 Å². The number of fused-ring (bicyclic) bond motifs is 1. The molecule has 0 aliphatic rings. The van der Waals surface area contributed by atoms with Crippen molar-refractivity contribution < 1.29 is 0 Å². The number of nitriles is 1. The van der Waals surface area contributed by atoms with Crippen LogP contribution in [0.1, 0.15) is 18.2 Å². The van der Waals surface area contributed by atoms with Crippen LogP contribution in [-0.4, -0.2) is 9.38 Å². The molecule has 0 aliphatic carbocycles. The Balaban J connectivity index is 2.65. The lowest BCUT2D eigenvalue weighted by Crippen LogP contribution is -1.83. The Kier molecular flexibility index (Phi) is 1.75. The van der Waals surface area contributed by atoms with Gasteiger partial charge in [0.1, 0.15) is 11.7 Å². The molecule has 0 aliphatic heterocycles. The van der Waals surface area contributed by atoms with Gasteiger partial charge in [-0.2, -0.15) is 5.26 Å². The average Bonchev–Trinajstić information content (AvgIpc) is 2.58. The summed E-state index contributed by atoms with van der Waals surface area (Å²) < 4.78 is 1.89. The Morgan fingerprint density at radius 1 is 1.46 bits per heavy atom. The van der Waals surface area contributed by atoms with Gasteiger partial charge in [-0.15, -0.1) is 0 Å². The maximum Gasteiger partial charge on any atom is 0.137 e. The second-order valence-corrected chi connectivity index (χ2v) is 2.88. The summed E-state index contributed by atoms with van der Waals surface area (Å²) >= 11 is 0. The van der Waals surface area contributed by atoms with Crippen molar-refractivity contribution in [3.63, 3.8) is 0 Å². The summed E-state index contributed by atoms with van der Waals surface area (Å²) in [6.07, 6.45) is 4.67. The van der Waals surface area contributed by atoms with E-state index in [9.17, 15) is 0 Å². The van der Waals surface area contributed by atoms with E-state index in [1.807, 2.05) is 16.7 Å². The number of aromatic nitrogens is 2. The first kappa shape index (κ1) is 7.81. The molecule has 0 saturated carbocycles. The number of nitrogens with zero attached hydrogens (tertiary/aromatic N) is 3. The standard InChI is InChI=1S/C10H9N3/c1-2-9-7-13-6-8(5-11)3-4-10(13)12-9/h3-4,6-7H,2H2,1H3. The Morgan fingerprint density at radius 2 is 2.31 bits per heavy atom. The quantitative estimate of drug-likeness (QED) is 0.656. The van der Waals surface area contributed by atoms with E-state index >= 15 is 0 Å². The third-order valence-corrected chi connectivity index (χ3v) is 1.99. The average molecular weight is 171 g/mol. The summed E-state index contributed by atoms with van der Waals surface area (Å²) in [7, 11) is 0. The zero-order valence-electron chi connectivity index (χ0n) is 7.36. The molecule has 0 atom stereocenters. The SMILES string of the molecule is CCc1cn2cc(C#N)ccc2n1. The molecule has 3 heteroatoms. The molecule has 0 amide bonds. The van der Waals surface area contributed by atoms with Gasteiger partial charge in [0.2, 0.25) is 0 Å². The van der Waals surface area contributed by atoms with Crippen LogP contribution in [0.4, 0.5) is 0 Å². The molecule has 13 heavy (non-hydrogen) atoms. The van der Waals surface area contributed by atoms with Gasteiger partial charge < -0.3 is 4.40 Å². The summed E-state index contributed by atoms with van der Waals surface area (Å²) in [4.78, 5) is 4.36. The van der Waals surface area contributed by atoms with Crippen LogP contribution in [-0.2, 0) is 6.42 Å². The van der Waals surface area contributed by atoms with Crippen LogP contribution in [0.2, 0.25) is 0 Å². The summed E-state index contributed by atoms with van der Waals surface area (Å²) in [6, 6.07) is 5.74. The molecule has 0 saturated heterocycles. The van der Waals surface area contributed by atoms with Gasteiger partial charge in [-0.05, 0) is 18.6 Å². The first-order chi connectivity index (χ1) is 6.33. The summed E-state index contributed by atoms with van der Waals surface area (Å²) in [5, 5.41) is 8.68. The third kappa shape index (κ3) is 1.27. The van der Waals surface area contributed by atoms with Gasteiger partial charge in [0.15, 0.2) is 0 Å². The van der Waals surface area contributed by atoms with E-state index in [-0.39, 0.29) is 0 Å². The predicted molar refractivity (Wildman–Crippen MR) is 49.3 cm³/mol. The van der Waals surface area contributed by atoms with Crippen LogP contribution < -0.4 is 0 Å². The van der Waals surface area contributed by atoms with E-state index in [0.29, 0.717) is 5.56 Å². The molecule has 0 unspecified atom stereocenters. The maximum atomic E-state index is 8.68. The van der Waals surface area contributed by atoms with Crippen molar-refractivity contribution in [2.75, 3.05) is 0 Å². The van der Waals surface area contributed by atoms with Gasteiger partial charge >= 0.3 is 0 Å². The fourth-order valence-electron chi connectivity index (χ4n) is 1.28. The van der Waals surface area contributed by atoms with E-state index in [2.05, 4.69) is 18.0 Å². The van der Waals surface area contributed by atoms with Crippen molar-refractivity contribution in [3.8, 4) is 6.07 Å². The highest BCUT2D eigenvalue weighted by atomic mass is 15.0. The highest BCUT2D eigenvalue weighted by molar-refractivity contribution is 5.44. The molecular formula is C10H9N3. The van der Waals surface area contributed by atoms with Gasteiger partial charge in [-0.25, -0.2) is 4.98 Å². The number of hydrogen-bond acceptors (Lipinski definition) is 2. The van der Waals surface area contributed by atoms with Crippen molar-refractivity contribution in [2.24, 2.45) is 0 Å². The van der Waals surface area contributed by atoms with Crippen molar-refractivity contribution in [3.05, 3.63) is 35.8 Å². The molecule has 0 N–H and O–H groups in total. The van der Waals surface area contributed by atoms with Crippen LogP contribution in [0.15, 0.2) is 24.5 Å². The van der Waals surface area contributed by atoms with Crippen LogP contribution >= 0.6 is 0 Å². The first-order valence-corrected chi connectivity index (χ1v) is 4.21. The number of aryl methyl sites for hydroxylation is 1. The number of pyridine rings is 1. The molecule has 0 aromatic carbocycles. The van der Waals surface area contributed by atoms with Crippen molar-refractivity contribution in [2.45, 2.75) is 13.3 Å². The minimum atomic E-state index is 0.660. The topological polar surface area (TPSA) is 41.1 Å². The summed E-state index contributed by atoms with van der Waals surface area (Å²) in [5.41, 5.74) is 2.61. The van der Waals surface area contributed by atoms with Gasteiger partial charge in [-0.1, -0.05) is 6.92 Å². The van der Waals surface area contributed by atoms with E-state index in [1.165, 1.54) is 0 Å². The molecule has 0 radical (unpaired) electrons. The highest BCUT2D eigenvalue weighted by Gasteiger charge is 1.99.